The number of hydrogen-bond acceptors (Lipinski definition) is 5. The first-order valence-electron chi connectivity index (χ1n) is 8.02. The first kappa shape index (κ1) is 16.1. The van der Waals surface area contributed by atoms with Gasteiger partial charge in [0.15, 0.2) is 0 Å². The minimum atomic E-state index is -0.447. The fourth-order valence-corrected chi connectivity index (χ4v) is 2.76. The zero-order valence-corrected chi connectivity index (χ0v) is 13.7. The van der Waals surface area contributed by atoms with E-state index in [2.05, 4.69) is 10.1 Å². The van der Waals surface area contributed by atoms with E-state index in [-0.39, 0.29) is 18.3 Å². The minimum absolute atomic E-state index is 0.162. The van der Waals surface area contributed by atoms with Gasteiger partial charge in [0.1, 0.15) is 41.1 Å². The zero-order chi connectivity index (χ0) is 18.1. The molecule has 4 rings (SSSR count). The van der Waals surface area contributed by atoms with Crippen LogP contribution in [-0.2, 0) is 13.2 Å². The Balaban J connectivity index is 1.49. The lowest BCUT2D eigenvalue weighted by Gasteiger charge is -2.26. The number of rotatable bonds is 4. The van der Waals surface area contributed by atoms with Gasteiger partial charge in [-0.25, -0.2) is 9.37 Å². The molecule has 2 aromatic heterocycles. The molecule has 0 fully saturated rings. The molecule has 1 N–H and O–H groups in total. The van der Waals surface area contributed by atoms with Crippen molar-refractivity contribution in [2.45, 2.75) is 13.2 Å². The van der Waals surface area contributed by atoms with Gasteiger partial charge in [0.2, 0.25) is 0 Å². The number of nitrogens with zero attached hydrogens (tertiary/aromatic N) is 4. The van der Waals surface area contributed by atoms with Crippen LogP contribution in [0.3, 0.4) is 0 Å². The van der Waals surface area contributed by atoms with Crippen LogP contribution in [0.1, 0.15) is 16.2 Å². The number of aromatic nitrogens is 3. The predicted octanol–water partition coefficient (Wildman–Crippen LogP) is 2.36. The normalized spacial score (nSPS) is 13.6. The van der Waals surface area contributed by atoms with Crippen molar-refractivity contribution < 1.29 is 19.0 Å². The summed E-state index contributed by atoms with van der Waals surface area (Å²) in [6.07, 6.45) is 1.09. The Kier molecular flexibility index (Phi) is 4.00. The maximum atomic E-state index is 13.0. The lowest BCUT2D eigenvalue weighted by Crippen LogP contribution is -2.40. The van der Waals surface area contributed by atoms with Crippen molar-refractivity contribution in [2.24, 2.45) is 0 Å². The van der Waals surface area contributed by atoms with Crippen molar-refractivity contribution in [3.8, 4) is 11.5 Å². The lowest BCUT2D eigenvalue weighted by molar-refractivity contribution is 0.0961. The number of fused-ring (bicyclic) bond motifs is 1. The molecule has 0 saturated heterocycles. The number of halogens is 1. The molecule has 1 aliphatic rings. The summed E-state index contributed by atoms with van der Waals surface area (Å²) in [5, 5.41) is 13.7. The maximum absolute atomic E-state index is 13.0. The van der Waals surface area contributed by atoms with Crippen LogP contribution in [0.5, 0.6) is 11.5 Å². The highest BCUT2D eigenvalue weighted by atomic mass is 19.1. The van der Waals surface area contributed by atoms with E-state index in [0.717, 1.165) is 6.20 Å². The molecular formula is C18H15FN4O3. The summed E-state index contributed by atoms with van der Waals surface area (Å²) in [5.74, 6) is 0.480. The number of hydrogen-bond donors (Lipinski definition) is 1. The molecule has 1 amide bonds. The second-order valence-electron chi connectivity index (χ2n) is 5.82. The summed E-state index contributed by atoms with van der Waals surface area (Å²) in [4.78, 5) is 18.2. The quantitative estimate of drug-likeness (QED) is 0.778. The summed E-state index contributed by atoms with van der Waals surface area (Å²) in [5.41, 5.74) is 1.06. The summed E-state index contributed by atoms with van der Waals surface area (Å²) in [7, 11) is 0. The molecule has 0 aliphatic carbocycles. The Morgan fingerprint density at radius 2 is 1.96 bits per heavy atom. The number of amides is 1. The van der Waals surface area contributed by atoms with Gasteiger partial charge < -0.3 is 9.84 Å². The molecule has 0 bridgehead atoms. The smallest absolute Gasteiger partial charge is 0.277 e. The molecule has 1 aliphatic heterocycles. The van der Waals surface area contributed by atoms with Gasteiger partial charge in [-0.2, -0.15) is 5.10 Å². The Morgan fingerprint density at radius 1 is 1.15 bits per heavy atom. The van der Waals surface area contributed by atoms with E-state index in [1.54, 1.807) is 22.9 Å². The van der Waals surface area contributed by atoms with Crippen LogP contribution >= 0.6 is 0 Å². The second-order valence-corrected chi connectivity index (χ2v) is 5.82. The summed E-state index contributed by atoms with van der Waals surface area (Å²) < 4.78 is 20.3. The second kappa shape index (κ2) is 6.47. The van der Waals surface area contributed by atoms with Crippen molar-refractivity contribution >= 4 is 11.7 Å². The Hall–Kier alpha value is -3.42. The van der Waals surface area contributed by atoms with Crippen LogP contribution in [0.2, 0.25) is 0 Å². The molecule has 0 spiro atoms. The van der Waals surface area contributed by atoms with Crippen LogP contribution in [-0.4, -0.2) is 32.3 Å². The van der Waals surface area contributed by atoms with E-state index in [0.29, 0.717) is 36.0 Å². The van der Waals surface area contributed by atoms with E-state index >= 15 is 0 Å². The van der Waals surface area contributed by atoms with Gasteiger partial charge in [-0.05, 0) is 42.5 Å². The fraction of sp³-hybridized carbons (Fsp3) is 0.167. The summed E-state index contributed by atoms with van der Waals surface area (Å²) in [6, 6.07) is 10.8. The number of anilines is 1. The Morgan fingerprint density at radius 3 is 2.69 bits per heavy atom. The number of phenolic OH excluding ortho intramolecular Hbond substituents is 1. The van der Waals surface area contributed by atoms with Crippen molar-refractivity contribution in [1.29, 1.82) is 0 Å². The molecule has 3 aromatic rings. The van der Waals surface area contributed by atoms with Crippen molar-refractivity contribution in [1.82, 2.24) is 14.8 Å². The van der Waals surface area contributed by atoms with Crippen molar-refractivity contribution in [3.05, 3.63) is 65.9 Å². The number of carbonyl (C=O) groups excluding carboxylic acids is 1. The van der Waals surface area contributed by atoms with Gasteiger partial charge in [-0.15, -0.1) is 0 Å². The van der Waals surface area contributed by atoms with Gasteiger partial charge in [-0.1, -0.05) is 0 Å². The predicted molar refractivity (Wildman–Crippen MR) is 90.5 cm³/mol. The largest absolute Gasteiger partial charge is 0.508 e. The zero-order valence-electron chi connectivity index (χ0n) is 13.7. The first-order valence-corrected chi connectivity index (χ1v) is 8.02. The number of aromatic hydroxyl groups is 1. The van der Waals surface area contributed by atoms with Gasteiger partial charge >= 0.3 is 0 Å². The minimum Gasteiger partial charge on any atom is -0.508 e. The number of pyridine rings is 1. The number of ether oxygens (including phenoxy) is 1. The molecular weight excluding hydrogens is 339 g/mol. The average Bonchev–Trinajstić information content (AvgIpc) is 3.07. The van der Waals surface area contributed by atoms with Crippen molar-refractivity contribution in [2.75, 3.05) is 11.4 Å². The first-order chi connectivity index (χ1) is 12.6. The van der Waals surface area contributed by atoms with Gasteiger partial charge in [-0.3, -0.25) is 14.4 Å². The van der Waals surface area contributed by atoms with Crippen LogP contribution < -0.4 is 9.64 Å². The fourth-order valence-electron chi connectivity index (χ4n) is 2.76. The third-order valence-corrected chi connectivity index (χ3v) is 4.04. The molecule has 0 atom stereocenters. The lowest BCUT2D eigenvalue weighted by atomic mass is 10.2. The molecule has 1 aromatic carbocycles. The highest BCUT2D eigenvalue weighted by Crippen LogP contribution is 2.21. The maximum Gasteiger partial charge on any atom is 0.277 e. The third kappa shape index (κ3) is 3.08. The highest BCUT2D eigenvalue weighted by Gasteiger charge is 2.28. The third-order valence-electron chi connectivity index (χ3n) is 4.04. The highest BCUT2D eigenvalue weighted by molar-refractivity contribution is 6.05. The van der Waals surface area contributed by atoms with Gasteiger partial charge in [0.05, 0.1) is 12.7 Å². The summed E-state index contributed by atoms with van der Waals surface area (Å²) >= 11 is 0. The molecule has 132 valence electrons. The molecule has 0 saturated carbocycles. The number of benzene rings is 1. The molecule has 8 heteroatoms. The van der Waals surface area contributed by atoms with Crippen LogP contribution in [0, 0.1) is 5.82 Å². The monoisotopic (exact) mass is 354 g/mol. The Labute approximate surface area is 148 Å². The number of carbonyl (C=O) groups is 1. The molecule has 3 heterocycles. The van der Waals surface area contributed by atoms with Crippen molar-refractivity contribution in [3.63, 3.8) is 0 Å². The molecule has 7 nitrogen and oxygen atoms in total. The van der Waals surface area contributed by atoms with Gasteiger partial charge in [0, 0.05) is 6.54 Å². The van der Waals surface area contributed by atoms with Crippen LogP contribution in [0.4, 0.5) is 10.2 Å². The van der Waals surface area contributed by atoms with E-state index in [9.17, 15) is 14.3 Å². The van der Waals surface area contributed by atoms with Crippen LogP contribution in [0.25, 0.3) is 0 Å². The van der Waals surface area contributed by atoms with Crippen LogP contribution in [0.15, 0.2) is 48.7 Å². The number of phenols is 1. The standard InChI is InChI=1S/C18H15FN4O3/c19-12-1-6-17(20-10-12)22-7-8-23-16(18(22)25)9-13(21-23)11-26-15-4-2-14(24)3-5-15/h1-6,9-10,24H,7-8,11H2. The van der Waals surface area contributed by atoms with E-state index in [1.165, 1.54) is 29.2 Å². The topological polar surface area (TPSA) is 80.5 Å². The average molecular weight is 354 g/mol. The summed E-state index contributed by atoms with van der Waals surface area (Å²) in [6.45, 7) is 1.12. The molecule has 0 unspecified atom stereocenters. The SMILES string of the molecule is O=C1c2cc(COc3ccc(O)cc3)nn2CCN1c1ccc(F)cn1. The van der Waals surface area contributed by atoms with E-state index in [4.69, 9.17) is 4.74 Å². The molecule has 0 radical (unpaired) electrons. The molecule has 26 heavy (non-hydrogen) atoms. The van der Waals surface area contributed by atoms with E-state index in [1.807, 2.05) is 0 Å². The van der Waals surface area contributed by atoms with Gasteiger partial charge in [0.25, 0.3) is 5.91 Å². The van der Waals surface area contributed by atoms with E-state index < -0.39 is 5.82 Å². The Bertz CT molecular complexity index is 938.